The van der Waals surface area contributed by atoms with E-state index in [0.717, 1.165) is 32.4 Å². The summed E-state index contributed by atoms with van der Waals surface area (Å²) in [5.41, 5.74) is 3.96. The number of ether oxygens (including phenoxy) is 1. The van der Waals surface area contributed by atoms with Gasteiger partial charge in [0.2, 0.25) is 0 Å². The van der Waals surface area contributed by atoms with E-state index < -0.39 is 6.10 Å². The topological polar surface area (TPSA) is 65.6 Å². The summed E-state index contributed by atoms with van der Waals surface area (Å²) < 4.78 is 5.04. The lowest BCUT2D eigenvalue weighted by molar-refractivity contribution is -0.160. The smallest absolute Gasteiger partial charge is 0.311 e. The Kier molecular flexibility index (Phi) is 4.95. The molecule has 0 bridgehead atoms. The standard InChI is InChI=1S/C21H26N2O3.ClH/c1-26-21(25)19-15-10-17-20-14(13-4-2-3-5-16(13)22-20)8-9-23(17)11-12(15)6-7-18(19)24;/h2-5,12,15,17-19,22,24H,6-11H2,1H3;1H/t12-,15-,17-,18+,19+;/m0./s1. The van der Waals surface area contributed by atoms with Gasteiger partial charge in [0.1, 0.15) is 0 Å². The molecular formula is C21H27ClN2O3. The number of aromatic amines is 1. The number of benzene rings is 1. The predicted octanol–water partition coefficient (Wildman–Crippen LogP) is 3.07. The third kappa shape index (κ3) is 2.87. The molecule has 1 aliphatic carbocycles. The van der Waals surface area contributed by atoms with Gasteiger partial charge in [-0.2, -0.15) is 0 Å². The van der Waals surface area contributed by atoms with Gasteiger partial charge >= 0.3 is 5.97 Å². The van der Waals surface area contributed by atoms with Gasteiger partial charge in [0.25, 0.3) is 0 Å². The van der Waals surface area contributed by atoms with Crippen LogP contribution in [0.2, 0.25) is 0 Å². The second-order valence-corrected chi connectivity index (χ2v) is 8.18. The minimum atomic E-state index is -0.568. The van der Waals surface area contributed by atoms with E-state index in [0.29, 0.717) is 18.4 Å². The van der Waals surface area contributed by atoms with Crippen molar-refractivity contribution in [3.63, 3.8) is 0 Å². The maximum Gasteiger partial charge on any atom is 0.311 e. The van der Waals surface area contributed by atoms with E-state index in [1.54, 1.807) is 0 Å². The van der Waals surface area contributed by atoms with Gasteiger partial charge in [-0.1, -0.05) is 18.2 Å². The van der Waals surface area contributed by atoms with E-state index in [-0.39, 0.29) is 30.2 Å². The number of para-hydroxylation sites is 1. The number of nitrogens with one attached hydrogen (secondary N) is 1. The highest BCUT2D eigenvalue weighted by molar-refractivity contribution is 5.85. The molecule has 3 aliphatic rings. The average Bonchev–Trinajstić information content (AvgIpc) is 3.05. The van der Waals surface area contributed by atoms with Crippen molar-refractivity contribution in [1.82, 2.24) is 9.88 Å². The Morgan fingerprint density at radius 1 is 1.30 bits per heavy atom. The maximum atomic E-state index is 12.4. The maximum absolute atomic E-state index is 12.4. The molecule has 2 N–H and O–H groups in total. The average molecular weight is 391 g/mol. The van der Waals surface area contributed by atoms with E-state index in [2.05, 4.69) is 34.1 Å². The molecule has 5 atom stereocenters. The molecule has 0 radical (unpaired) electrons. The Balaban J connectivity index is 0.00000180. The van der Waals surface area contributed by atoms with E-state index in [4.69, 9.17) is 4.74 Å². The van der Waals surface area contributed by atoms with Crippen LogP contribution in [0.3, 0.4) is 0 Å². The van der Waals surface area contributed by atoms with Crippen LogP contribution in [-0.4, -0.2) is 47.3 Å². The number of hydrogen-bond acceptors (Lipinski definition) is 4. The normalized spacial score (nSPS) is 32.7. The zero-order valence-corrected chi connectivity index (χ0v) is 16.4. The first kappa shape index (κ1) is 18.8. The molecule has 2 aromatic rings. The lowest BCUT2D eigenvalue weighted by Crippen LogP contribution is -2.53. The fourth-order valence-electron chi connectivity index (χ4n) is 5.80. The summed E-state index contributed by atoms with van der Waals surface area (Å²) in [7, 11) is 1.43. The largest absolute Gasteiger partial charge is 0.469 e. The number of piperidine rings is 1. The number of carbonyl (C=O) groups excluding carboxylic acids is 1. The molecule has 0 spiro atoms. The van der Waals surface area contributed by atoms with Gasteiger partial charge in [0, 0.05) is 29.7 Å². The van der Waals surface area contributed by atoms with Gasteiger partial charge in [-0.25, -0.2) is 0 Å². The number of aromatic nitrogens is 1. The van der Waals surface area contributed by atoms with Gasteiger partial charge in [0.05, 0.1) is 25.2 Å². The second kappa shape index (κ2) is 7.12. The summed E-state index contributed by atoms with van der Waals surface area (Å²) in [5.74, 6) is 0.0541. The number of methoxy groups -OCH3 is 1. The molecule has 5 rings (SSSR count). The van der Waals surface area contributed by atoms with Crippen LogP contribution in [0.25, 0.3) is 10.9 Å². The lowest BCUT2D eigenvalue weighted by Gasteiger charge is -2.50. The molecule has 3 heterocycles. The molecule has 1 aromatic heterocycles. The van der Waals surface area contributed by atoms with Crippen LogP contribution in [0, 0.1) is 17.8 Å². The van der Waals surface area contributed by atoms with Crippen molar-refractivity contribution in [3.05, 3.63) is 35.5 Å². The summed E-state index contributed by atoms with van der Waals surface area (Å²) in [6.07, 6.45) is 3.14. The summed E-state index contributed by atoms with van der Waals surface area (Å²) in [6.45, 7) is 2.10. The van der Waals surface area contributed by atoms with Crippen molar-refractivity contribution < 1.29 is 14.6 Å². The van der Waals surface area contributed by atoms with Gasteiger partial charge < -0.3 is 14.8 Å². The Morgan fingerprint density at radius 3 is 2.93 bits per heavy atom. The summed E-state index contributed by atoms with van der Waals surface area (Å²) in [6, 6.07) is 8.83. The van der Waals surface area contributed by atoms with Crippen LogP contribution >= 0.6 is 12.4 Å². The lowest BCUT2D eigenvalue weighted by atomic mass is 9.65. The molecule has 1 aromatic carbocycles. The fraction of sp³-hybridized carbons (Fsp3) is 0.571. The van der Waals surface area contributed by atoms with Gasteiger partial charge in [0.15, 0.2) is 0 Å². The van der Waals surface area contributed by atoms with E-state index >= 15 is 0 Å². The number of aliphatic hydroxyl groups excluding tert-OH is 1. The molecule has 1 saturated heterocycles. The van der Waals surface area contributed by atoms with E-state index in [1.165, 1.54) is 29.3 Å². The zero-order valence-electron chi connectivity index (χ0n) is 15.6. The summed E-state index contributed by atoms with van der Waals surface area (Å²) in [4.78, 5) is 18.6. The number of rotatable bonds is 1. The molecular weight excluding hydrogens is 364 g/mol. The Bertz CT molecular complexity index is 851. The monoisotopic (exact) mass is 390 g/mol. The molecule has 1 saturated carbocycles. The van der Waals surface area contributed by atoms with Crippen LogP contribution in [0.1, 0.15) is 36.6 Å². The van der Waals surface area contributed by atoms with Crippen LogP contribution in [0.4, 0.5) is 0 Å². The minimum absolute atomic E-state index is 0. The van der Waals surface area contributed by atoms with Crippen molar-refractivity contribution in [2.75, 3.05) is 20.2 Å². The van der Waals surface area contributed by atoms with Crippen molar-refractivity contribution in [3.8, 4) is 0 Å². The SMILES string of the molecule is COC(=O)[C@@H]1[C@H]2C[C@H]3c4[nH]c5ccccc5c4CCN3C[C@@H]2CC[C@H]1O.Cl. The Labute approximate surface area is 165 Å². The highest BCUT2D eigenvalue weighted by Gasteiger charge is 2.49. The highest BCUT2D eigenvalue weighted by atomic mass is 35.5. The van der Waals surface area contributed by atoms with Crippen LogP contribution in [0.15, 0.2) is 24.3 Å². The van der Waals surface area contributed by atoms with Crippen LogP contribution < -0.4 is 0 Å². The van der Waals surface area contributed by atoms with Crippen molar-refractivity contribution in [1.29, 1.82) is 0 Å². The first-order chi connectivity index (χ1) is 12.7. The number of hydrogen-bond donors (Lipinski definition) is 2. The number of fused-ring (bicyclic) bond motifs is 6. The number of aliphatic hydroxyl groups is 1. The number of carbonyl (C=O) groups is 1. The molecule has 5 nitrogen and oxygen atoms in total. The van der Waals surface area contributed by atoms with Gasteiger partial charge in [-0.3, -0.25) is 9.69 Å². The third-order valence-corrected chi connectivity index (χ3v) is 7.02. The fourth-order valence-corrected chi connectivity index (χ4v) is 5.80. The van der Waals surface area contributed by atoms with Crippen molar-refractivity contribution in [2.24, 2.45) is 17.8 Å². The number of halogens is 1. The van der Waals surface area contributed by atoms with Gasteiger partial charge in [-0.05, 0) is 49.1 Å². The van der Waals surface area contributed by atoms with Gasteiger partial charge in [-0.15, -0.1) is 12.4 Å². The quantitative estimate of drug-likeness (QED) is 0.734. The van der Waals surface area contributed by atoms with Crippen molar-refractivity contribution >= 4 is 29.3 Å². The summed E-state index contributed by atoms with van der Waals surface area (Å²) in [5, 5.41) is 11.8. The van der Waals surface area contributed by atoms with E-state index in [9.17, 15) is 9.90 Å². The minimum Gasteiger partial charge on any atom is -0.469 e. The van der Waals surface area contributed by atoms with Crippen LogP contribution in [-0.2, 0) is 16.0 Å². The second-order valence-electron chi connectivity index (χ2n) is 8.18. The van der Waals surface area contributed by atoms with E-state index in [1.807, 2.05) is 0 Å². The molecule has 2 aliphatic heterocycles. The number of H-pyrrole nitrogens is 1. The third-order valence-electron chi connectivity index (χ3n) is 7.02. The molecule has 27 heavy (non-hydrogen) atoms. The molecule has 2 fully saturated rings. The number of nitrogens with zero attached hydrogens (tertiary/aromatic N) is 1. The number of esters is 1. The molecule has 6 heteroatoms. The first-order valence-electron chi connectivity index (χ1n) is 9.76. The zero-order chi connectivity index (χ0) is 17.8. The predicted molar refractivity (Wildman–Crippen MR) is 106 cm³/mol. The van der Waals surface area contributed by atoms with Crippen LogP contribution in [0.5, 0.6) is 0 Å². The Morgan fingerprint density at radius 2 is 2.11 bits per heavy atom. The summed E-state index contributed by atoms with van der Waals surface area (Å²) >= 11 is 0. The molecule has 0 unspecified atom stereocenters. The molecule has 146 valence electrons. The van der Waals surface area contributed by atoms with Crippen molar-refractivity contribution in [2.45, 2.75) is 37.8 Å². The first-order valence-corrected chi connectivity index (χ1v) is 9.76. The molecule has 0 amide bonds. The highest BCUT2D eigenvalue weighted by Crippen LogP contribution is 2.49. The Hall–Kier alpha value is -1.56.